The van der Waals surface area contributed by atoms with Crippen LogP contribution in [-0.2, 0) is 10.0 Å². The number of nitrogens with one attached hydrogen (secondary N) is 1. The first-order valence-corrected chi connectivity index (χ1v) is 7.48. The number of sulfonamides is 1. The normalized spacial score (nSPS) is 12.6. The highest BCUT2D eigenvalue weighted by molar-refractivity contribution is 7.89. The van der Waals surface area contributed by atoms with Crippen molar-refractivity contribution in [2.24, 2.45) is 0 Å². The largest absolute Gasteiger partial charge is 0.399 e. The van der Waals surface area contributed by atoms with Gasteiger partial charge in [0.25, 0.3) is 0 Å². The van der Waals surface area contributed by atoms with E-state index in [1.165, 1.54) is 6.07 Å². The lowest BCUT2D eigenvalue weighted by Gasteiger charge is -2.30. The summed E-state index contributed by atoms with van der Waals surface area (Å²) in [6.07, 6.45) is 0.784. The molecular formula is C12H19FN2O3S. The molecule has 1 aromatic rings. The van der Waals surface area contributed by atoms with Crippen molar-refractivity contribution in [2.45, 2.75) is 37.1 Å². The van der Waals surface area contributed by atoms with Crippen molar-refractivity contribution in [3.63, 3.8) is 0 Å². The fourth-order valence-corrected chi connectivity index (χ4v) is 3.37. The van der Waals surface area contributed by atoms with Crippen LogP contribution in [0.15, 0.2) is 23.1 Å². The first kappa shape index (κ1) is 15.9. The summed E-state index contributed by atoms with van der Waals surface area (Å²) in [6.45, 7) is 3.14. The Hall–Kier alpha value is -1.18. The summed E-state index contributed by atoms with van der Waals surface area (Å²) in [5.41, 5.74) is 4.64. The van der Waals surface area contributed by atoms with E-state index in [1.54, 1.807) is 13.8 Å². The third kappa shape index (κ3) is 3.43. The molecule has 0 aliphatic rings. The molecule has 1 rings (SSSR count). The lowest BCUT2D eigenvalue weighted by Crippen LogP contribution is -2.50. The van der Waals surface area contributed by atoms with E-state index in [9.17, 15) is 17.9 Å². The highest BCUT2D eigenvalue weighted by atomic mass is 32.2. The van der Waals surface area contributed by atoms with Gasteiger partial charge in [-0.2, -0.15) is 0 Å². The molecule has 0 aliphatic carbocycles. The van der Waals surface area contributed by atoms with Crippen LogP contribution >= 0.6 is 0 Å². The number of anilines is 1. The standard InChI is InChI=1S/C12H19FN2O3S/c1-3-12(4-2,8-16)15-19(17,18)11-7-9(14)5-6-10(11)13/h5-7,15-16H,3-4,8,14H2,1-2H3. The average Bonchev–Trinajstić information content (AvgIpc) is 2.39. The summed E-state index contributed by atoms with van der Waals surface area (Å²) in [6, 6.07) is 3.35. The van der Waals surface area contributed by atoms with Crippen molar-refractivity contribution >= 4 is 15.7 Å². The Morgan fingerprint density at radius 1 is 1.37 bits per heavy atom. The number of benzene rings is 1. The van der Waals surface area contributed by atoms with Crippen LogP contribution in [0.1, 0.15) is 26.7 Å². The van der Waals surface area contributed by atoms with E-state index >= 15 is 0 Å². The molecule has 108 valence electrons. The Balaban J connectivity index is 3.21. The van der Waals surface area contributed by atoms with Gasteiger partial charge in [-0.15, -0.1) is 0 Å². The molecule has 0 saturated carbocycles. The summed E-state index contributed by atoms with van der Waals surface area (Å²) in [7, 11) is -4.07. The molecule has 19 heavy (non-hydrogen) atoms. The number of aliphatic hydroxyl groups is 1. The van der Waals surface area contributed by atoms with Crippen molar-refractivity contribution in [2.75, 3.05) is 12.3 Å². The second kappa shape index (κ2) is 5.85. The first-order chi connectivity index (χ1) is 8.80. The molecule has 0 saturated heterocycles. The summed E-state index contributed by atoms with van der Waals surface area (Å²) in [5, 5.41) is 9.37. The summed E-state index contributed by atoms with van der Waals surface area (Å²) in [4.78, 5) is -0.507. The minimum atomic E-state index is -4.07. The highest BCUT2D eigenvalue weighted by Gasteiger charge is 2.32. The molecule has 1 aromatic carbocycles. The lowest BCUT2D eigenvalue weighted by molar-refractivity contribution is 0.172. The summed E-state index contributed by atoms with van der Waals surface area (Å²) >= 11 is 0. The number of rotatable bonds is 6. The second-order valence-electron chi connectivity index (χ2n) is 4.44. The van der Waals surface area contributed by atoms with Crippen LogP contribution in [0.4, 0.5) is 10.1 Å². The lowest BCUT2D eigenvalue weighted by atomic mass is 9.96. The van der Waals surface area contributed by atoms with Crippen LogP contribution in [0.5, 0.6) is 0 Å². The van der Waals surface area contributed by atoms with E-state index < -0.39 is 26.3 Å². The maximum Gasteiger partial charge on any atom is 0.244 e. The Bertz CT molecular complexity index is 534. The monoisotopic (exact) mass is 290 g/mol. The molecule has 0 fully saturated rings. The molecule has 0 radical (unpaired) electrons. The summed E-state index contributed by atoms with van der Waals surface area (Å²) < 4.78 is 40.3. The molecule has 5 nitrogen and oxygen atoms in total. The van der Waals surface area contributed by atoms with Crippen LogP contribution < -0.4 is 10.5 Å². The zero-order valence-electron chi connectivity index (χ0n) is 11.0. The van der Waals surface area contributed by atoms with Gasteiger partial charge in [-0.05, 0) is 31.0 Å². The van der Waals surface area contributed by atoms with Crippen molar-refractivity contribution in [1.82, 2.24) is 4.72 Å². The molecule has 0 heterocycles. The number of nitrogen functional groups attached to an aromatic ring is 1. The Kier molecular flexibility index (Phi) is 4.89. The SMILES string of the molecule is CCC(CC)(CO)NS(=O)(=O)c1cc(N)ccc1F. The number of hydrogen-bond acceptors (Lipinski definition) is 4. The zero-order valence-corrected chi connectivity index (χ0v) is 11.8. The van der Waals surface area contributed by atoms with E-state index in [-0.39, 0.29) is 12.3 Å². The van der Waals surface area contributed by atoms with Crippen molar-refractivity contribution in [3.05, 3.63) is 24.0 Å². The van der Waals surface area contributed by atoms with E-state index in [0.717, 1.165) is 12.1 Å². The van der Waals surface area contributed by atoms with Gasteiger partial charge in [0.15, 0.2) is 0 Å². The molecule has 0 aliphatic heterocycles. The minimum absolute atomic E-state index is 0.157. The molecule has 0 atom stereocenters. The molecule has 4 N–H and O–H groups in total. The highest BCUT2D eigenvalue weighted by Crippen LogP contribution is 2.22. The maximum absolute atomic E-state index is 13.6. The van der Waals surface area contributed by atoms with Crippen molar-refractivity contribution in [3.8, 4) is 0 Å². The van der Waals surface area contributed by atoms with Gasteiger partial charge in [0.2, 0.25) is 10.0 Å². The third-order valence-corrected chi connectivity index (χ3v) is 4.85. The predicted octanol–water partition coefficient (Wildman–Crippen LogP) is 1.24. The van der Waals surface area contributed by atoms with Crippen LogP contribution in [0.25, 0.3) is 0 Å². The van der Waals surface area contributed by atoms with Gasteiger partial charge in [0.1, 0.15) is 10.7 Å². The Labute approximate surface area is 112 Å². The third-order valence-electron chi connectivity index (χ3n) is 3.25. The molecule has 0 unspecified atom stereocenters. The Morgan fingerprint density at radius 2 is 1.95 bits per heavy atom. The molecule has 0 spiro atoms. The van der Waals surface area contributed by atoms with Crippen molar-refractivity contribution < 1.29 is 17.9 Å². The van der Waals surface area contributed by atoms with E-state index in [4.69, 9.17) is 5.73 Å². The predicted molar refractivity (Wildman–Crippen MR) is 71.5 cm³/mol. The molecule has 0 bridgehead atoms. The van der Waals surface area contributed by atoms with Gasteiger partial charge in [-0.25, -0.2) is 17.5 Å². The van der Waals surface area contributed by atoms with Gasteiger partial charge >= 0.3 is 0 Å². The van der Waals surface area contributed by atoms with Gasteiger partial charge in [-0.1, -0.05) is 13.8 Å². The number of halogens is 1. The smallest absolute Gasteiger partial charge is 0.244 e. The molecule has 0 aromatic heterocycles. The quantitative estimate of drug-likeness (QED) is 0.687. The number of aliphatic hydroxyl groups excluding tert-OH is 1. The van der Waals surface area contributed by atoms with Gasteiger partial charge in [-0.3, -0.25) is 0 Å². The summed E-state index contributed by atoms with van der Waals surface area (Å²) in [5.74, 6) is -0.874. The second-order valence-corrected chi connectivity index (χ2v) is 6.09. The number of nitrogens with two attached hydrogens (primary N) is 1. The van der Waals surface area contributed by atoms with Gasteiger partial charge < -0.3 is 10.8 Å². The minimum Gasteiger partial charge on any atom is -0.399 e. The van der Waals surface area contributed by atoms with Crippen LogP contribution in [0.3, 0.4) is 0 Å². The molecule has 7 heteroatoms. The fourth-order valence-electron chi connectivity index (χ4n) is 1.72. The fraction of sp³-hybridized carbons (Fsp3) is 0.500. The molecular weight excluding hydrogens is 271 g/mol. The first-order valence-electron chi connectivity index (χ1n) is 6.00. The van der Waals surface area contributed by atoms with E-state index in [1.807, 2.05) is 0 Å². The van der Waals surface area contributed by atoms with E-state index in [0.29, 0.717) is 12.8 Å². The van der Waals surface area contributed by atoms with Gasteiger partial charge in [0, 0.05) is 5.69 Å². The van der Waals surface area contributed by atoms with Crippen LogP contribution in [-0.4, -0.2) is 25.7 Å². The Morgan fingerprint density at radius 3 is 2.42 bits per heavy atom. The van der Waals surface area contributed by atoms with Crippen LogP contribution in [0, 0.1) is 5.82 Å². The van der Waals surface area contributed by atoms with Crippen LogP contribution in [0.2, 0.25) is 0 Å². The topological polar surface area (TPSA) is 92.4 Å². The maximum atomic E-state index is 13.6. The van der Waals surface area contributed by atoms with E-state index in [2.05, 4.69) is 4.72 Å². The number of hydrogen-bond donors (Lipinski definition) is 3. The van der Waals surface area contributed by atoms with Gasteiger partial charge in [0.05, 0.1) is 12.1 Å². The zero-order chi connectivity index (χ0) is 14.7. The van der Waals surface area contributed by atoms with Crippen molar-refractivity contribution in [1.29, 1.82) is 0 Å². The molecule has 0 amide bonds. The average molecular weight is 290 g/mol.